The molecule has 1 N–H and O–H groups in total. The van der Waals surface area contributed by atoms with Gasteiger partial charge in [0.25, 0.3) is 5.91 Å². The molecule has 1 spiro atoms. The topological polar surface area (TPSA) is 90.4 Å². The predicted octanol–water partition coefficient (Wildman–Crippen LogP) is 6.38. The molecule has 6 rings (SSSR count). The van der Waals surface area contributed by atoms with Gasteiger partial charge >= 0.3 is 0 Å². The number of aryl methyl sites for hydroxylation is 2. The average Bonchev–Trinajstić information content (AvgIpc) is 3.73. The molecule has 3 aromatic rings. The standard InChI is InChI=1S/C42H49N3O5S/c1-7-21-43(31-17-19-33(20-18-31)50-9-3)39(47)36-35-24-29(6)42(51-35)37(36)40(48)45(32(26-46)25-30-13-11-10-12-14-30)38(42)41(49)44(22-8-2)34-23-27(4)15-16-28(34)5/h7-8,10-20,23,29,32,35-38,46H,1-2,9,21-22,24-26H2,3-6H3/t29?,32-,35+,36-,37+,38?,42?/m1/s1. The van der Waals surface area contributed by atoms with Crippen LogP contribution in [0.25, 0.3) is 0 Å². The zero-order valence-electron chi connectivity index (χ0n) is 30.0. The van der Waals surface area contributed by atoms with Gasteiger partial charge in [0.2, 0.25) is 11.8 Å². The number of anilines is 2. The summed E-state index contributed by atoms with van der Waals surface area (Å²) in [7, 11) is 0. The fraction of sp³-hybridized carbons (Fsp3) is 0.405. The third-order valence-corrected chi connectivity index (χ3v) is 13.0. The Bertz CT molecular complexity index is 1780. The second kappa shape index (κ2) is 15.1. The molecule has 0 aliphatic carbocycles. The Morgan fingerprint density at radius 3 is 2.35 bits per heavy atom. The molecular formula is C42H49N3O5S. The van der Waals surface area contributed by atoms with E-state index in [4.69, 9.17) is 4.74 Å². The highest BCUT2D eigenvalue weighted by atomic mass is 32.2. The lowest BCUT2D eigenvalue weighted by atomic mass is 9.65. The molecule has 2 bridgehead atoms. The molecule has 0 radical (unpaired) electrons. The number of nitrogens with zero attached hydrogens (tertiary/aromatic N) is 3. The van der Waals surface area contributed by atoms with Crippen molar-refractivity contribution < 1.29 is 24.2 Å². The normalized spacial score (nSPS) is 25.3. The molecule has 7 atom stereocenters. The van der Waals surface area contributed by atoms with Crippen LogP contribution in [0.4, 0.5) is 11.4 Å². The van der Waals surface area contributed by atoms with Crippen LogP contribution < -0.4 is 14.5 Å². The molecule has 3 aliphatic heterocycles. The number of hydrogen-bond acceptors (Lipinski definition) is 6. The van der Waals surface area contributed by atoms with Crippen LogP contribution in [0.2, 0.25) is 0 Å². The molecule has 3 amide bonds. The van der Waals surface area contributed by atoms with Crippen molar-refractivity contribution in [3.8, 4) is 5.75 Å². The molecule has 3 aliphatic rings. The smallest absolute Gasteiger partial charge is 0.251 e. The summed E-state index contributed by atoms with van der Waals surface area (Å²) in [6, 6.07) is 21.6. The first-order valence-electron chi connectivity index (χ1n) is 17.9. The quantitative estimate of drug-likeness (QED) is 0.196. The number of thioether (sulfide) groups is 1. The molecule has 51 heavy (non-hydrogen) atoms. The van der Waals surface area contributed by atoms with E-state index in [9.17, 15) is 9.90 Å². The number of benzene rings is 3. The molecular weight excluding hydrogens is 659 g/mol. The van der Waals surface area contributed by atoms with Crippen LogP contribution in [0.5, 0.6) is 5.75 Å². The van der Waals surface area contributed by atoms with Crippen molar-refractivity contribution in [3.63, 3.8) is 0 Å². The van der Waals surface area contributed by atoms with Gasteiger partial charge in [-0.25, -0.2) is 0 Å². The Hall–Kier alpha value is -4.34. The SMILES string of the molecule is C=CCN(C(=O)[C@@H]1[C@@H]2CC(C)C3(S2)C(C(=O)N(CC=C)c2cc(C)ccc2C)N([C@@H](CO)Cc2ccccc2)C(=O)[C@H]13)c1ccc(OCC)cc1. The second-order valence-corrected chi connectivity index (χ2v) is 15.6. The lowest BCUT2D eigenvalue weighted by Gasteiger charge is -2.42. The van der Waals surface area contributed by atoms with Gasteiger partial charge in [0, 0.05) is 29.7 Å². The molecule has 3 unspecified atom stereocenters. The van der Waals surface area contributed by atoms with Gasteiger partial charge in [0.15, 0.2) is 0 Å². The van der Waals surface area contributed by atoms with Crippen molar-refractivity contribution in [3.05, 3.63) is 115 Å². The number of ether oxygens (including phenoxy) is 1. The maximum absolute atomic E-state index is 15.4. The number of aliphatic hydroxyl groups excluding tert-OH is 1. The molecule has 0 aromatic heterocycles. The minimum atomic E-state index is -0.906. The third kappa shape index (κ3) is 6.40. The first kappa shape index (κ1) is 36.5. The van der Waals surface area contributed by atoms with Gasteiger partial charge in [-0.15, -0.1) is 24.9 Å². The van der Waals surface area contributed by atoms with Crippen molar-refractivity contribution in [2.24, 2.45) is 17.8 Å². The van der Waals surface area contributed by atoms with Gasteiger partial charge in [0.1, 0.15) is 11.8 Å². The molecule has 9 heteroatoms. The minimum Gasteiger partial charge on any atom is -0.494 e. The molecule has 3 fully saturated rings. The van der Waals surface area contributed by atoms with Crippen LogP contribution >= 0.6 is 11.8 Å². The molecule has 3 heterocycles. The first-order chi connectivity index (χ1) is 24.6. The van der Waals surface area contributed by atoms with E-state index < -0.39 is 28.7 Å². The number of aliphatic hydroxyl groups is 1. The van der Waals surface area contributed by atoms with Crippen LogP contribution in [0.15, 0.2) is 98.1 Å². The monoisotopic (exact) mass is 707 g/mol. The summed E-state index contributed by atoms with van der Waals surface area (Å²) in [4.78, 5) is 50.6. The molecule has 0 saturated carbocycles. The minimum absolute atomic E-state index is 0.0389. The van der Waals surface area contributed by atoms with Crippen molar-refractivity contribution in [2.75, 3.05) is 36.1 Å². The van der Waals surface area contributed by atoms with Gasteiger partial charge in [0.05, 0.1) is 35.8 Å². The summed E-state index contributed by atoms with van der Waals surface area (Å²) < 4.78 is 4.77. The number of rotatable bonds is 14. The van der Waals surface area contributed by atoms with E-state index in [0.29, 0.717) is 30.9 Å². The summed E-state index contributed by atoms with van der Waals surface area (Å²) in [5.41, 5.74) is 4.35. The highest BCUT2D eigenvalue weighted by Crippen LogP contribution is 2.69. The van der Waals surface area contributed by atoms with E-state index in [0.717, 1.165) is 22.4 Å². The van der Waals surface area contributed by atoms with Crippen molar-refractivity contribution in [1.82, 2.24) is 4.90 Å². The van der Waals surface area contributed by atoms with Crippen LogP contribution in [-0.4, -0.2) is 76.1 Å². The summed E-state index contributed by atoms with van der Waals surface area (Å²) in [6.45, 7) is 16.7. The lowest BCUT2D eigenvalue weighted by Crippen LogP contribution is -2.60. The van der Waals surface area contributed by atoms with E-state index in [2.05, 4.69) is 20.1 Å². The largest absolute Gasteiger partial charge is 0.494 e. The lowest BCUT2D eigenvalue weighted by molar-refractivity contribution is -0.141. The molecule has 268 valence electrons. The van der Waals surface area contributed by atoms with Crippen molar-refractivity contribution in [1.29, 1.82) is 0 Å². The zero-order chi connectivity index (χ0) is 36.4. The summed E-state index contributed by atoms with van der Waals surface area (Å²) >= 11 is 1.64. The first-order valence-corrected chi connectivity index (χ1v) is 18.8. The Kier molecular flexibility index (Phi) is 10.8. The van der Waals surface area contributed by atoms with Crippen molar-refractivity contribution >= 4 is 40.9 Å². The summed E-state index contributed by atoms with van der Waals surface area (Å²) in [5, 5.41) is 10.9. The van der Waals surface area contributed by atoms with E-state index >= 15 is 9.59 Å². The highest BCUT2D eigenvalue weighted by molar-refractivity contribution is 8.02. The van der Waals surface area contributed by atoms with E-state index in [-0.39, 0.29) is 48.6 Å². The van der Waals surface area contributed by atoms with Crippen LogP contribution in [0.3, 0.4) is 0 Å². The Morgan fingerprint density at radius 1 is 1.02 bits per heavy atom. The molecule has 3 aromatic carbocycles. The van der Waals surface area contributed by atoms with Gasteiger partial charge in [-0.3, -0.25) is 14.4 Å². The predicted molar refractivity (Wildman–Crippen MR) is 205 cm³/mol. The van der Waals surface area contributed by atoms with E-state index in [1.807, 2.05) is 93.6 Å². The number of amides is 3. The Morgan fingerprint density at radius 2 is 1.71 bits per heavy atom. The van der Waals surface area contributed by atoms with Gasteiger partial charge in [-0.05, 0) is 86.6 Å². The third-order valence-electron chi connectivity index (χ3n) is 10.9. The van der Waals surface area contributed by atoms with E-state index in [1.165, 1.54) is 0 Å². The number of carbonyl (C=O) groups excluding carboxylic acids is 3. The van der Waals surface area contributed by atoms with Gasteiger partial charge in [-0.1, -0.05) is 61.5 Å². The number of hydrogen-bond donors (Lipinski definition) is 1. The zero-order valence-corrected chi connectivity index (χ0v) is 30.9. The highest BCUT2D eigenvalue weighted by Gasteiger charge is 2.77. The van der Waals surface area contributed by atoms with Gasteiger partial charge < -0.3 is 24.5 Å². The fourth-order valence-corrected chi connectivity index (χ4v) is 11.1. The fourth-order valence-electron chi connectivity index (χ4n) is 8.67. The molecule has 8 nitrogen and oxygen atoms in total. The van der Waals surface area contributed by atoms with Crippen LogP contribution in [0.1, 0.15) is 37.0 Å². The number of carbonyl (C=O) groups is 3. The summed E-state index contributed by atoms with van der Waals surface area (Å²) in [6.07, 6.45) is 4.47. The average molecular weight is 708 g/mol. The number of likely N-dealkylation sites (tertiary alicyclic amines) is 1. The second-order valence-electron chi connectivity index (χ2n) is 14.0. The molecule has 3 saturated heterocycles. The van der Waals surface area contributed by atoms with Gasteiger partial charge in [-0.2, -0.15) is 0 Å². The van der Waals surface area contributed by atoms with Crippen LogP contribution in [0, 0.1) is 31.6 Å². The maximum Gasteiger partial charge on any atom is 0.251 e. The Balaban J connectivity index is 1.47. The Labute approximate surface area is 306 Å². The van der Waals surface area contributed by atoms with E-state index in [1.54, 1.807) is 38.6 Å². The number of fused-ring (bicyclic) bond motifs is 1. The summed E-state index contributed by atoms with van der Waals surface area (Å²) in [5.74, 6) is -1.35. The van der Waals surface area contributed by atoms with Crippen LogP contribution in [-0.2, 0) is 20.8 Å². The maximum atomic E-state index is 15.4. The van der Waals surface area contributed by atoms with Crippen molar-refractivity contribution in [2.45, 2.75) is 62.6 Å².